The maximum atomic E-state index is 6.06. The Kier molecular flexibility index (Phi) is 3.67. The van der Waals surface area contributed by atoms with Crippen LogP contribution >= 0.6 is 0 Å². The Morgan fingerprint density at radius 2 is 1.94 bits per heavy atom. The normalized spacial score (nSPS) is 26.0. The summed E-state index contributed by atoms with van der Waals surface area (Å²) in [6.07, 6.45) is 1.20. The van der Waals surface area contributed by atoms with Crippen molar-refractivity contribution in [3.05, 3.63) is 30.3 Å². The molecule has 2 atom stereocenters. The van der Waals surface area contributed by atoms with Crippen LogP contribution in [0.5, 0.6) is 0 Å². The predicted octanol–water partition coefficient (Wildman–Crippen LogP) is 2.61. The molecular weight excluding hydrogens is 210 g/mol. The summed E-state index contributed by atoms with van der Waals surface area (Å²) in [5.74, 6) is 2.12. The molecule has 1 heterocycles. The summed E-state index contributed by atoms with van der Waals surface area (Å²) in [5, 5.41) is 0. The molecule has 0 amide bonds. The molecule has 1 aromatic carbocycles. The van der Waals surface area contributed by atoms with Crippen LogP contribution in [0.25, 0.3) is 0 Å². The van der Waals surface area contributed by atoms with E-state index in [0.29, 0.717) is 11.9 Å². The van der Waals surface area contributed by atoms with Gasteiger partial charge in [0.25, 0.3) is 0 Å². The quantitative estimate of drug-likeness (QED) is 0.596. The van der Waals surface area contributed by atoms with Gasteiger partial charge in [0.2, 0.25) is 0 Å². The minimum absolute atomic E-state index is 0.648. The van der Waals surface area contributed by atoms with Crippen molar-refractivity contribution in [1.29, 1.82) is 0 Å². The molecule has 2 unspecified atom stereocenters. The summed E-state index contributed by atoms with van der Waals surface area (Å²) in [4.78, 5) is 6.65. The molecule has 1 fully saturated rings. The van der Waals surface area contributed by atoms with Crippen molar-refractivity contribution in [2.75, 3.05) is 13.1 Å². The lowest BCUT2D eigenvalue weighted by Crippen LogP contribution is -2.45. The fourth-order valence-corrected chi connectivity index (χ4v) is 2.18. The third kappa shape index (κ3) is 2.99. The fraction of sp³-hybridized carbons (Fsp3) is 0.500. The number of rotatable bonds is 1. The average molecular weight is 231 g/mol. The number of likely N-dealkylation sites (tertiary alicyclic amines) is 1. The number of hydrogen-bond acceptors (Lipinski definition) is 1. The highest BCUT2D eigenvalue weighted by Gasteiger charge is 2.23. The van der Waals surface area contributed by atoms with Gasteiger partial charge in [-0.05, 0) is 30.4 Å². The smallest absolute Gasteiger partial charge is 0.196 e. The lowest BCUT2D eigenvalue weighted by atomic mass is 9.89. The van der Waals surface area contributed by atoms with Crippen LogP contribution in [0.4, 0.5) is 5.69 Å². The van der Waals surface area contributed by atoms with Crippen LogP contribution in [0.1, 0.15) is 20.3 Å². The van der Waals surface area contributed by atoms with Crippen molar-refractivity contribution in [2.45, 2.75) is 20.3 Å². The van der Waals surface area contributed by atoms with Crippen LogP contribution in [-0.2, 0) is 0 Å². The zero-order chi connectivity index (χ0) is 12.3. The third-order valence-corrected chi connectivity index (χ3v) is 3.66. The van der Waals surface area contributed by atoms with Crippen LogP contribution in [-0.4, -0.2) is 23.9 Å². The Labute approximate surface area is 103 Å². The first-order chi connectivity index (χ1) is 8.16. The second-order valence-corrected chi connectivity index (χ2v) is 4.99. The lowest BCUT2D eigenvalue weighted by Gasteiger charge is -2.35. The molecule has 0 aliphatic carbocycles. The lowest BCUT2D eigenvalue weighted by molar-refractivity contribution is 0.203. The molecule has 3 heteroatoms. The number of para-hydroxylation sites is 1. The topological polar surface area (TPSA) is 41.6 Å². The Hall–Kier alpha value is -1.51. The van der Waals surface area contributed by atoms with Gasteiger partial charge in [-0.15, -0.1) is 0 Å². The molecule has 1 saturated heterocycles. The summed E-state index contributed by atoms with van der Waals surface area (Å²) < 4.78 is 0. The van der Waals surface area contributed by atoms with E-state index < -0.39 is 0 Å². The van der Waals surface area contributed by atoms with Gasteiger partial charge in [0.15, 0.2) is 5.96 Å². The van der Waals surface area contributed by atoms with Crippen LogP contribution in [0.3, 0.4) is 0 Å². The molecule has 1 aliphatic heterocycles. The monoisotopic (exact) mass is 231 g/mol. The number of guanidine groups is 1. The van der Waals surface area contributed by atoms with Crippen LogP contribution in [0.15, 0.2) is 35.3 Å². The van der Waals surface area contributed by atoms with E-state index in [1.165, 1.54) is 6.42 Å². The highest BCUT2D eigenvalue weighted by atomic mass is 15.3. The first-order valence-corrected chi connectivity index (χ1v) is 6.31. The first-order valence-electron chi connectivity index (χ1n) is 6.31. The summed E-state index contributed by atoms with van der Waals surface area (Å²) in [5.41, 5.74) is 6.99. The minimum atomic E-state index is 0.648. The summed E-state index contributed by atoms with van der Waals surface area (Å²) in [6, 6.07) is 9.89. The molecule has 0 aromatic heterocycles. The van der Waals surface area contributed by atoms with E-state index in [1.54, 1.807) is 0 Å². The van der Waals surface area contributed by atoms with Gasteiger partial charge in [-0.3, -0.25) is 0 Å². The van der Waals surface area contributed by atoms with E-state index in [2.05, 4.69) is 23.7 Å². The van der Waals surface area contributed by atoms with Crippen LogP contribution in [0.2, 0.25) is 0 Å². The molecule has 3 nitrogen and oxygen atoms in total. The van der Waals surface area contributed by atoms with E-state index in [-0.39, 0.29) is 0 Å². The molecule has 0 radical (unpaired) electrons. The molecule has 17 heavy (non-hydrogen) atoms. The molecule has 92 valence electrons. The van der Waals surface area contributed by atoms with Gasteiger partial charge in [-0.25, -0.2) is 4.99 Å². The van der Waals surface area contributed by atoms with Crippen LogP contribution < -0.4 is 5.73 Å². The zero-order valence-corrected chi connectivity index (χ0v) is 10.6. The number of hydrogen-bond donors (Lipinski definition) is 1. The van der Waals surface area contributed by atoms with Crippen molar-refractivity contribution < 1.29 is 0 Å². The number of nitrogens with zero attached hydrogens (tertiary/aromatic N) is 2. The molecule has 1 aromatic rings. The SMILES string of the molecule is CC1CCN(C(N)=Nc2ccccc2)CC1C. The maximum Gasteiger partial charge on any atom is 0.196 e. The molecule has 2 N–H and O–H groups in total. The van der Waals surface area contributed by atoms with Crippen molar-refractivity contribution in [3.8, 4) is 0 Å². The largest absolute Gasteiger partial charge is 0.369 e. The van der Waals surface area contributed by atoms with Gasteiger partial charge in [0.05, 0.1) is 5.69 Å². The first kappa shape index (κ1) is 12.0. The Bertz CT molecular complexity index is 386. The molecular formula is C14H21N3. The summed E-state index contributed by atoms with van der Waals surface area (Å²) >= 11 is 0. The fourth-order valence-electron chi connectivity index (χ4n) is 2.18. The van der Waals surface area contributed by atoms with Gasteiger partial charge in [-0.1, -0.05) is 32.0 Å². The summed E-state index contributed by atoms with van der Waals surface area (Å²) in [6.45, 7) is 6.64. The van der Waals surface area contributed by atoms with Crippen molar-refractivity contribution in [2.24, 2.45) is 22.6 Å². The van der Waals surface area contributed by atoms with E-state index in [1.807, 2.05) is 30.3 Å². The molecule has 0 saturated carbocycles. The molecule has 2 rings (SSSR count). The average Bonchev–Trinajstić information content (AvgIpc) is 2.34. The second-order valence-electron chi connectivity index (χ2n) is 4.99. The zero-order valence-electron chi connectivity index (χ0n) is 10.6. The minimum Gasteiger partial charge on any atom is -0.369 e. The van der Waals surface area contributed by atoms with Crippen molar-refractivity contribution in [1.82, 2.24) is 4.90 Å². The number of nitrogens with two attached hydrogens (primary N) is 1. The second kappa shape index (κ2) is 5.21. The highest BCUT2D eigenvalue weighted by molar-refractivity contribution is 5.81. The van der Waals surface area contributed by atoms with Gasteiger partial charge < -0.3 is 10.6 Å². The number of piperidine rings is 1. The number of aliphatic imine (C=N–C) groups is 1. The van der Waals surface area contributed by atoms with E-state index in [4.69, 9.17) is 5.73 Å². The maximum absolute atomic E-state index is 6.06. The van der Waals surface area contributed by atoms with Gasteiger partial charge >= 0.3 is 0 Å². The van der Waals surface area contributed by atoms with E-state index in [0.717, 1.165) is 24.7 Å². The summed E-state index contributed by atoms with van der Waals surface area (Å²) in [7, 11) is 0. The Morgan fingerprint density at radius 3 is 2.59 bits per heavy atom. The third-order valence-electron chi connectivity index (χ3n) is 3.66. The Morgan fingerprint density at radius 1 is 1.24 bits per heavy atom. The predicted molar refractivity (Wildman–Crippen MR) is 72.2 cm³/mol. The molecule has 1 aliphatic rings. The molecule has 0 spiro atoms. The number of benzene rings is 1. The van der Waals surface area contributed by atoms with E-state index in [9.17, 15) is 0 Å². The highest BCUT2D eigenvalue weighted by Crippen LogP contribution is 2.22. The standard InChI is InChI=1S/C14H21N3/c1-11-8-9-17(10-12(11)2)14(15)16-13-6-4-3-5-7-13/h3-7,11-12H,8-10H2,1-2H3,(H2,15,16). The van der Waals surface area contributed by atoms with Crippen molar-refractivity contribution >= 4 is 11.6 Å². The van der Waals surface area contributed by atoms with Crippen LogP contribution in [0, 0.1) is 11.8 Å². The van der Waals surface area contributed by atoms with Gasteiger partial charge in [-0.2, -0.15) is 0 Å². The van der Waals surface area contributed by atoms with E-state index >= 15 is 0 Å². The molecule has 0 bridgehead atoms. The van der Waals surface area contributed by atoms with Gasteiger partial charge in [0.1, 0.15) is 0 Å². The van der Waals surface area contributed by atoms with Gasteiger partial charge in [0, 0.05) is 13.1 Å². The van der Waals surface area contributed by atoms with Crippen molar-refractivity contribution in [3.63, 3.8) is 0 Å². The Balaban J connectivity index is 2.05.